The summed E-state index contributed by atoms with van der Waals surface area (Å²) in [6.07, 6.45) is 8.67. The summed E-state index contributed by atoms with van der Waals surface area (Å²) in [7, 11) is 4.03. The number of ether oxygens (including phenoxy) is 1. The molecule has 48 heavy (non-hydrogen) atoms. The van der Waals surface area contributed by atoms with E-state index in [4.69, 9.17) is 4.74 Å². The summed E-state index contributed by atoms with van der Waals surface area (Å²) in [6.45, 7) is 1.77. The van der Waals surface area contributed by atoms with E-state index in [9.17, 15) is 13.2 Å². The fourth-order valence-corrected chi connectivity index (χ4v) is 10.4. The summed E-state index contributed by atoms with van der Waals surface area (Å²) in [6, 6.07) is 12.0. The Morgan fingerprint density at radius 2 is 1.62 bits per heavy atom. The number of nitrogens with zero attached hydrogens (tertiary/aromatic N) is 5. The highest BCUT2D eigenvalue weighted by Gasteiger charge is 2.55. The van der Waals surface area contributed by atoms with Crippen LogP contribution in [-0.2, 0) is 15.0 Å². The number of piperazine rings is 1. The van der Waals surface area contributed by atoms with Gasteiger partial charge < -0.3 is 19.1 Å². The molecule has 2 saturated heterocycles. The van der Waals surface area contributed by atoms with E-state index in [1.54, 1.807) is 13.2 Å². The molecule has 256 valence electrons. The quantitative estimate of drug-likeness (QED) is 0.357. The monoisotopic (exact) mass is 673 g/mol. The van der Waals surface area contributed by atoms with Gasteiger partial charge in [0.25, 0.3) is 5.91 Å². The molecule has 3 aromatic rings. The zero-order valence-corrected chi connectivity index (χ0v) is 29.5. The Hall–Kier alpha value is -3.41. The number of benzene rings is 2. The van der Waals surface area contributed by atoms with Gasteiger partial charge in [0.15, 0.2) is 0 Å². The first-order chi connectivity index (χ1) is 23.0. The van der Waals surface area contributed by atoms with Crippen molar-refractivity contribution in [2.45, 2.75) is 81.3 Å². The van der Waals surface area contributed by atoms with Crippen LogP contribution in [0, 0.1) is 5.92 Å². The standard InChI is InChI=1S/C37H47N5O5S/c1-38(2)48(45,46)40(4)36(43)23-11-15-28-32(17-23)42-34(33(28)22-9-7-6-8-10-22)27-16-14-26(47-5)18-29(27)30-19-31(30)35(42)37(44)41-24-12-13-25(41)21-39(3)20-24/h11,14-18,22,24-25,30-31,35H,6-10,12-13,19-21H2,1-5H3/t24?,25?,30-,31?,35-/m0/s1. The molecule has 3 unspecified atom stereocenters. The summed E-state index contributed by atoms with van der Waals surface area (Å²) in [5.74, 6) is 1.11. The lowest BCUT2D eigenvalue weighted by atomic mass is 9.81. The van der Waals surface area contributed by atoms with E-state index in [-0.39, 0.29) is 29.8 Å². The number of amides is 2. The Morgan fingerprint density at radius 3 is 2.29 bits per heavy atom. The molecule has 0 N–H and O–H groups in total. The SMILES string of the molecule is COc1ccc2c(c1)[C@@H]1CC1[C@@H](C(=O)N1C3CCC1CN(C)C3)n1c-2c(C2CCCCC2)c2ccc(C(=O)N(C)S(=O)(=O)N(C)C)cc21. The van der Waals surface area contributed by atoms with Gasteiger partial charge in [-0.3, -0.25) is 9.59 Å². The van der Waals surface area contributed by atoms with Crippen molar-refractivity contribution in [2.24, 2.45) is 5.92 Å². The molecule has 4 heterocycles. The van der Waals surface area contributed by atoms with E-state index in [0.29, 0.717) is 11.5 Å². The molecule has 10 nitrogen and oxygen atoms in total. The number of carbonyl (C=O) groups excluding carboxylic acids is 2. The number of hydrogen-bond acceptors (Lipinski definition) is 6. The van der Waals surface area contributed by atoms with Crippen molar-refractivity contribution in [1.29, 1.82) is 0 Å². The highest BCUT2D eigenvalue weighted by molar-refractivity contribution is 7.87. The number of likely N-dealkylation sites (N-methyl/N-ethyl adjacent to an activating group) is 1. The number of carbonyl (C=O) groups is 2. The van der Waals surface area contributed by atoms with Gasteiger partial charge in [-0.2, -0.15) is 12.7 Å². The molecule has 2 aliphatic carbocycles. The second-order valence-corrected chi connectivity index (χ2v) is 17.2. The van der Waals surface area contributed by atoms with Crippen LogP contribution in [0.2, 0.25) is 0 Å². The second-order valence-electron chi connectivity index (χ2n) is 15.0. The van der Waals surface area contributed by atoms with Gasteiger partial charge in [0.05, 0.1) is 18.3 Å². The van der Waals surface area contributed by atoms with Crippen LogP contribution in [-0.4, -0.2) is 104 Å². The molecule has 5 atom stereocenters. The van der Waals surface area contributed by atoms with Gasteiger partial charge in [0.1, 0.15) is 11.8 Å². The fraction of sp³-hybridized carbons (Fsp3) is 0.568. The van der Waals surface area contributed by atoms with E-state index < -0.39 is 22.2 Å². The lowest BCUT2D eigenvalue weighted by Crippen LogP contribution is -2.56. The third kappa shape index (κ3) is 4.82. The van der Waals surface area contributed by atoms with Crippen molar-refractivity contribution < 1.29 is 22.7 Å². The van der Waals surface area contributed by atoms with Gasteiger partial charge >= 0.3 is 10.2 Å². The minimum atomic E-state index is -3.98. The van der Waals surface area contributed by atoms with Crippen molar-refractivity contribution in [2.75, 3.05) is 48.4 Å². The number of hydrogen-bond donors (Lipinski definition) is 0. The maximum Gasteiger partial charge on any atom is 0.305 e. The number of aromatic nitrogens is 1. The first kappa shape index (κ1) is 31.8. The Morgan fingerprint density at radius 1 is 0.917 bits per heavy atom. The van der Waals surface area contributed by atoms with Crippen LogP contribution >= 0.6 is 0 Å². The zero-order valence-electron chi connectivity index (χ0n) is 28.7. The van der Waals surface area contributed by atoms with E-state index in [1.165, 1.54) is 38.7 Å². The minimum Gasteiger partial charge on any atom is -0.497 e. The lowest BCUT2D eigenvalue weighted by molar-refractivity contribution is -0.141. The number of rotatable bonds is 6. The van der Waals surface area contributed by atoms with Gasteiger partial charge in [-0.15, -0.1) is 0 Å². The Labute approximate surface area is 283 Å². The largest absolute Gasteiger partial charge is 0.497 e. The van der Waals surface area contributed by atoms with Gasteiger partial charge in [0, 0.05) is 62.8 Å². The maximum absolute atomic E-state index is 15.2. The van der Waals surface area contributed by atoms with E-state index in [1.807, 2.05) is 18.2 Å². The normalized spacial score (nSPS) is 27.0. The topological polar surface area (TPSA) is 95.4 Å². The Kier molecular flexibility index (Phi) is 7.69. The summed E-state index contributed by atoms with van der Waals surface area (Å²) in [4.78, 5) is 33.6. The van der Waals surface area contributed by atoms with E-state index in [0.717, 1.165) is 94.6 Å². The lowest BCUT2D eigenvalue weighted by Gasteiger charge is -2.41. The van der Waals surface area contributed by atoms with Crippen molar-refractivity contribution in [3.63, 3.8) is 0 Å². The molecular weight excluding hydrogens is 627 g/mol. The van der Waals surface area contributed by atoms with Gasteiger partial charge in [-0.25, -0.2) is 4.31 Å². The highest BCUT2D eigenvalue weighted by Crippen LogP contribution is 2.62. The molecule has 11 heteroatoms. The molecule has 2 bridgehead atoms. The number of methoxy groups -OCH3 is 1. The van der Waals surface area contributed by atoms with Crippen molar-refractivity contribution >= 4 is 32.9 Å². The smallest absolute Gasteiger partial charge is 0.305 e. The van der Waals surface area contributed by atoms with Gasteiger partial charge in [0.2, 0.25) is 5.91 Å². The summed E-state index contributed by atoms with van der Waals surface area (Å²) in [5, 5.41) is 1.06. The van der Waals surface area contributed by atoms with Gasteiger partial charge in [-0.1, -0.05) is 25.3 Å². The third-order valence-corrected chi connectivity index (χ3v) is 13.8. The number of fused-ring (bicyclic) bond motifs is 9. The predicted octanol–water partition coefficient (Wildman–Crippen LogP) is 5.21. The van der Waals surface area contributed by atoms with Crippen LogP contribution in [0.5, 0.6) is 5.75 Å². The second kappa shape index (κ2) is 11.6. The average Bonchev–Trinajstić information content (AvgIpc) is 3.75. The molecular formula is C37H47N5O5S. The zero-order chi connectivity index (χ0) is 33.6. The molecule has 2 amide bonds. The molecule has 5 aliphatic rings. The van der Waals surface area contributed by atoms with Crippen LogP contribution in [0.1, 0.15) is 90.7 Å². The maximum atomic E-state index is 15.2. The molecule has 3 aliphatic heterocycles. The molecule has 4 fully saturated rings. The van der Waals surface area contributed by atoms with Crippen molar-refractivity contribution in [1.82, 2.24) is 23.0 Å². The van der Waals surface area contributed by atoms with Crippen LogP contribution in [0.25, 0.3) is 22.2 Å². The fourth-order valence-electron chi connectivity index (χ4n) is 9.59. The third-order valence-electron chi connectivity index (χ3n) is 12.0. The van der Waals surface area contributed by atoms with Crippen LogP contribution < -0.4 is 4.74 Å². The minimum absolute atomic E-state index is 0.120. The Bertz CT molecular complexity index is 1900. The molecule has 1 aromatic heterocycles. The molecule has 0 radical (unpaired) electrons. The van der Waals surface area contributed by atoms with E-state index >= 15 is 4.79 Å². The summed E-state index contributed by atoms with van der Waals surface area (Å²) in [5.41, 5.74) is 5.90. The van der Waals surface area contributed by atoms with Crippen molar-refractivity contribution in [3.05, 3.63) is 53.1 Å². The first-order valence-corrected chi connectivity index (χ1v) is 19.0. The van der Waals surface area contributed by atoms with Gasteiger partial charge in [-0.05, 0) is 98.4 Å². The van der Waals surface area contributed by atoms with Crippen LogP contribution in [0.15, 0.2) is 36.4 Å². The van der Waals surface area contributed by atoms with E-state index in [2.05, 4.69) is 33.5 Å². The van der Waals surface area contributed by atoms with Crippen molar-refractivity contribution in [3.8, 4) is 17.0 Å². The van der Waals surface area contributed by atoms with Crippen LogP contribution in [0.4, 0.5) is 0 Å². The summed E-state index contributed by atoms with van der Waals surface area (Å²) >= 11 is 0. The molecule has 0 spiro atoms. The molecule has 2 aromatic carbocycles. The Balaban J connectivity index is 1.37. The van der Waals surface area contributed by atoms with Crippen LogP contribution in [0.3, 0.4) is 0 Å². The highest BCUT2D eigenvalue weighted by atomic mass is 32.2. The number of likely N-dealkylation sites (tertiary alicyclic amines) is 1. The molecule has 8 rings (SSSR count). The molecule has 2 saturated carbocycles. The summed E-state index contributed by atoms with van der Waals surface area (Å²) < 4.78 is 35.9. The first-order valence-electron chi connectivity index (χ1n) is 17.6. The predicted molar refractivity (Wildman–Crippen MR) is 185 cm³/mol. The average molecular weight is 674 g/mol.